The summed E-state index contributed by atoms with van der Waals surface area (Å²) < 4.78 is 29.4. The number of nitrogens with zero attached hydrogens (tertiary/aromatic N) is 1. The summed E-state index contributed by atoms with van der Waals surface area (Å²) in [5.74, 6) is -0.652. The molecule has 0 heterocycles. The standard InChI is InChI=1S/C16H24N2O5S/c1-12(2)8-9-18(24(4,21)22)11-15(19)17-14-7-5-6-13(10-14)16(20)23-3/h5-7,10,12H,8-9,11H2,1-4H3,(H,17,19). The van der Waals surface area contributed by atoms with Crippen LogP contribution in [0.4, 0.5) is 5.69 Å². The number of methoxy groups -OCH3 is 1. The Labute approximate surface area is 143 Å². The monoisotopic (exact) mass is 356 g/mol. The average Bonchev–Trinajstić information content (AvgIpc) is 2.49. The maximum absolute atomic E-state index is 12.1. The third-order valence-corrected chi connectivity index (χ3v) is 4.56. The third kappa shape index (κ3) is 6.67. The quantitative estimate of drug-likeness (QED) is 0.716. The lowest BCUT2D eigenvalue weighted by Crippen LogP contribution is -2.38. The van der Waals surface area contributed by atoms with Crippen molar-refractivity contribution in [2.24, 2.45) is 5.92 Å². The molecule has 0 atom stereocenters. The molecule has 1 amide bonds. The van der Waals surface area contributed by atoms with Gasteiger partial charge in [0.1, 0.15) is 0 Å². The molecule has 0 bridgehead atoms. The first kappa shape index (κ1) is 20.1. The number of esters is 1. The molecular weight excluding hydrogens is 332 g/mol. The van der Waals surface area contributed by atoms with Gasteiger partial charge in [0.05, 0.1) is 25.5 Å². The molecule has 7 nitrogen and oxygen atoms in total. The molecule has 1 aromatic carbocycles. The molecule has 0 saturated carbocycles. The van der Waals surface area contributed by atoms with Gasteiger partial charge in [-0.25, -0.2) is 13.2 Å². The molecule has 0 aliphatic heterocycles. The van der Waals surface area contributed by atoms with E-state index >= 15 is 0 Å². The van der Waals surface area contributed by atoms with Crippen LogP contribution in [0.5, 0.6) is 0 Å². The lowest BCUT2D eigenvalue weighted by Gasteiger charge is -2.20. The van der Waals surface area contributed by atoms with Gasteiger partial charge in [-0.3, -0.25) is 4.79 Å². The van der Waals surface area contributed by atoms with Crippen LogP contribution in [0.1, 0.15) is 30.6 Å². The summed E-state index contributed by atoms with van der Waals surface area (Å²) in [4.78, 5) is 23.6. The number of sulfonamides is 1. The van der Waals surface area contributed by atoms with Crippen molar-refractivity contribution in [2.75, 3.05) is 31.8 Å². The van der Waals surface area contributed by atoms with Gasteiger partial charge >= 0.3 is 5.97 Å². The van der Waals surface area contributed by atoms with Gasteiger partial charge in [0.15, 0.2) is 0 Å². The molecule has 0 saturated heterocycles. The van der Waals surface area contributed by atoms with Crippen LogP contribution in [-0.2, 0) is 19.6 Å². The number of benzene rings is 1. The molecule has 0 fully saturated rings. The largest absolute Gasteiger partial charge is 0.465 e. The smallest absolute Gasteiger partial charge is 0.337 e. The Morgan fingerprint density at radius 1 is 1.29 bits per heavy atom. The van der Waals surface area contributed by atoms with Gasteiger partial charge in [0, 0.05) is 12.2 Å². The average molecular weight is 356 g/mol. The van der Waals surface area contributed by atoms with Crippen LogP contribution in [-0.4, -0.2) is 51.1 Å². The van der Waals surface area contributed by atoms with Crippen molar-refractivity contribution in [3.63, 3.8) is 0 Å². The van der Waals surface area contributed by atoms with Crippen molar-refractivity contribution in [3.05, 3.63) is 29.8 Å². The van der Waals surface area contributed by atoms with Crippen molar-refractivity contribution in [2.45, 2.75) is 20.3 Å². The van der Waals surface area contributed by atoms with E-state index in [-0.39, 0.29) is 13.1 Å². The molecular formula is C16H24N2O5S. The van der Waals surface area contributed by atoms with Crippen molar-refractivity contribution in [1.29, 1.82) is 0 Å². The lowest BCUT2D eigenvalue weighted by molar-refractivity contribution is -0.116. The van der Waals surface area contributed by atoms with Crippen LogP contribution in [0.15, 0.2) is 24.3 Å². The number of hydrogen-bond donors (Lipinski definition) is 1. The van der Waals surface area contributed by atoms with E-state index in [1.54, 1.807) is 18.2 Å². The molecule has 24 heavy (non-hydrogen) atoms. The van der Waals surface area contributed by atoms with Crippen LogP contribution in [0.3, 0.4) is 0 Å². The molecule has 134 valence electrons. The number of hydrogen-bond acceptors (Lipinski definition) is 5. The van der Waals surface area contributed by atoms with E-state index in [1.165, 1.54) is 13.2 Å². The zero-order valence-electron chi connectivity index (χ0n) is 14.4. The maximum atomic E-state index is 12.1. The predicted octanol–water partition coefficient (Wildman–Crippen LogP) is 1.72. The van der Waals surface area contributed by atoms with E-state index in [0.717, 1.165) is 10.6 Å². The van der Waals surface area contributed by atoms with Crippen LogP contribution in [0.25, 0.3) is 0 Å². The Balaban J connectivity index is 2.77. The Hall–Kier alpha value is -1.93. The van der Waals surface area contributed by atoms with E-state index in [1.807, 2.05) is 13.8 Å². The second-order valence-electron chi connectivity index (χ2n) is 5.90. The van der Waals surface area contributed by atoms with Gasteiger partial charge in [-0.2, -0.15) is 4.31 Å². The molecule has 1 rings (SSSR count). The van der Waals surface area contributed by atoms with Crippen LogP contribution < -0.4 is 5.32 Å². The fraction of sp³-hybridized carbons (Fsp3) is 0.500. The van der Waals surface area contributed by atoms with Crippen molar-refractivity contribution >= 4 is 27.6 Å². The first-order valence-electron chi connectivity index (χ1n) is 7.57. The zero-order valence-corrected chi connectivity index (χ0v) is 15.2. The normalized spacial score (nSPS) is 11.6. The van der Waals surface area contributed by atoms with Gasteiger partial charge in [-0.05, 0) is 30.5 Å². The number of amides is 1. The Morgan fingerprint density at radius 2 is 1.96 bits per heavy atom. The van der Waals surface area contributed by atoms with E-state index in [4.69, 9.17) is 0 Å². The molecule has 0 spiro atoms. The van der Waals surface area contributed by atoms with Gasteiger partial charge in [0.2, 0.25) is 15.9 Å². The van der Waals surface area contributed by atoms with Crippen LogP contribution in [0.2, 0.25) is 0 Å². The number of ether oxygens (including phenoxy) is 1. The molecule has 0 aliphatic carbocycles. The highest BCUT2D eigenvalue weighted by atomic mass is 32.2. The molecule has 0 aromatic heterocycles. The summed E-state index contributed by atoms with van der Waals surface area (Å²) in [5, 5.41) is 2.60. The summed E-state index contributed by atoms with van der Waals surface area (Å²) >= 11 is 0. The summed E-state index contributed by atoms with van der Waals surface area (Å²) in [6.07, 6.45) is 1.75. The van der Waals surface area contributed by atoms with Crippen LogP contribution in [0, 0.1) is 5.92 Å². The minimum Gasteiger partial charge on any atom is -0.465 e. The maximum Gasteiger partial charge on any atom is 0.337 e. The highest BCUT2D eigenvalue weighted by Gasteiger charge is 2.20. The second-order valence-corrected chi connectivity index (χ2v) is 7.88. The van der Waals surface area contributed by atoms with Gasteiger partial charge in [-0.1, -0.05) is 19.9 Å². The Bertz CT molecular complexity index is 685. The van der Waals surface area contributed by atoms with Gasteiger partial charge < -0.3 is 10.1 Å². The fourth-order valence-electron chi connectivity index (χ4n) is 1.97. The highest BCUT2D eigenvalue weighted by Crippen LogP contribution is 2.12. The minimum atomic E-state index is -3.48. The molecule has 0 radical (unpaired) electrons. The predicted molar refractivity (Wildman–Crippen MR) is 92.3 cm³/mol. The summed E-state index contributed by atoms with van der Waals surface area (Å²) in [5.41, 5.74) is 0.704. The fourth-order valence-corrected chi connectivity index (χ4v) is 2.76. The first-order chi connectivity index (χ1) is 11.1. The lowest BCUT2D eigenvalue weighted by atomic mass is 10.1. The number of carbonyl (C=O) groups excluding carboxylic acids is 2. The molecule has 1 N–H and O–H groups in total. The number of rotatable bonds is 8. The summed E-state index contributed by atoms with van der Waals surface area (Å²) in [6, 6.07) is 6.26. The molecule has 1 aromatic rings. The van der Waals surface area contributed by atoms with E-state index in [9.17, 15) is 18.0 Å². The topological polar surface area (TPSA) is 92.8 Å². The molecule has 0 aliphatic rings. The Morgan fingerprint density at radius 3 is 2.50 bits per heavy atom. The first-order valence-corrected chi connectivity index (χ1v) is 9.41. The third-order valence-electron chi connectivity index (χ3n) is 3.31. The van der Waals surface area contributed by atoms with E-state index in [2.05, 4.69) is 10.1 Å². The minimum absolute atomic E-state index is 0.270. The zero-order chi connectivity index (χ0) is 18.3. The summed E-state index contributed by atoms with van der Waals surface area (Å²) in [7, 11) is -2.20. The molecule has 0 unspecified atom stereocenters. The second kappa shape index (κ2) is 8.79. The number of anilines is 1. The SMILES string of the molecule is COC(=O)c1cccc(NC(=O)CN(CCC(C)C)S(C)(=O)=O)c1. The van der Waals surface area contributed by atoms with Crippen molar-refractivity contribution in [1.82, 2.24) is 4.31 Å². The number of nitrogens with one attached hydrogen (secondary N) is 1. The Kier molecular flexibility index (Phi) is 7.37. The van der Waals surface area contributed by atoms with Crippen LogP contribution >= 0.6 is 0 Å². The molecule has 8 heteroatoms. The highest BCUT2D eigenvalue weighted by molar-refractivity contribution is 7.88. The van der Waals surface area contributed by atoms with Gasteiger partial charge in [-0.15, -0.1) is 0 Å². The van der Waals surface area contributed by atoms with Crippen molar-refractivity contribution < 1.29 is 22.7 Å². The van der Waals surface area contributed by atoms with E-state index in [0.29, 0.717) is 23.6 Å². The van der Waals surface area contributed by atoms with Crippen molar-refractivity contribution in [3.8, 4) is 0 Å². The van der Waals surface area contributed by atoms with Gasteiger partial charge in [0.25, 0.3) is 0 Å². The summed E-state index contributed by atoms with van der Waals surface area (Å²) in [6.45, 7) is 3.98. The van der Waals surface area contributed by atoms with E-state index < -0.39 is 21.9 Å². The number of carbonyl (C=O) groups is 2.